The fourth-order valence-electron chi connectivity index (χ4n) is 1.27. The minimum atomic E-state index is -2.75. The second-order valence-corrected chi connectivity index (χ2v) is 4.20. The number of aromatic nitrogens is 2. The van der Waals surface area contributed by atoms with Crippen molar-refractivity contribution in [2.75, 3.05) is 19.0 Å². The van der Waals surface area contributed by atoms with Crippen molar-refractivity contribution in [1.29, 1.82) is 0 Å². The average Bonchev–Trinajstić information content (AvgIpc) is 2.16. The lowest BCUT2D eigenvalue weighted by Gasteiger charge is -2.28. The zero-order valence-corrected chi connectivity index (χ0v) is 9.96. The molecule has 0 aromatic carbocycles. The monoisotopic (exact) mass is 250 g/mol. The SMILES string of the molecule is CN(C)c1ncnc(Cl)c1C(C)(N)C(F)F. The summed E-state index contributed by atoms with van der Waals surface area (Å²) in [5.41, 5.74) is 3.75. The highest BCUT2D eigenvalue weighted by atomic mass is 35.5. The summed E-state index contributed by atoms with van der Waals surface area (Å²) in [5.74, 6) is 0.297. The summed E-state index contributed by atoms with van der Waals surface area (Å²) in [6, 6.07) is 0. The number of rotatable bonds is 3. The molecule has 0 saturated carbocycles. The Balaban J connectivity index is 3.42. The van der Waals surface area contributed by atoms with E-state index < -0.39 is 12.0 Å². The van der Waals surface area contributed by atoms with Gasteiger partial charge in [0.25, 0.3) is 6.43 Å². The van der Waals surface area contributed by atoms with Gasteiger partial charge in [0.2, 0.25) is 0 Å². The van der Waals surface area contributed by atoms with E-state index in [1.165, 1.54) is 13.3 Å². The Morgan fingerprint density at radius 1 is 1.44 bits per heavy atom. The zero-order chi connectivity index (χ0) is 12.5. The van der Waals surface area contributed by atoms with Gasteiger partial charge in [-0.1, -0.05) is 11.6 Å². The Morgan fingerprint density at radius 2 is 2.00 bits per heavy atom. The Labute approximate surface area is 97.4 Å². The van der Waals surface area contributed by atoms with Crippen LogP contribution in [-0.4, -0.2) is 30.5 Å². The van der Waals surface area contributed by atoms with E-state index in [1.54, 1.807) is 19.0 Å². The van der Waals surface area contributed by atoms with Crippen LogP contribution >= 0.6 is 11.6 Å². The van der Waals surface area contributed by atoms with E-state index in [0.29, 0.717) is 5.82 Å². The second kappa shape index (κ2) is 4.47. The minimum Gasteiger partial charge on any atom is -0.362 e. The van der Waals surface area contributed by atoms with Gasteiger partial charge in [-0.2, -0.15) is 0 Å². The van der Waals surface area contributed by atoms with Crippen LogP contribution in [-0.2, 0) is 5.54 Å². The Kier molecular flexibility index (Phi) is 3.64. The molecule has 0 fully saturated rings. The van der Waals surface area contributed by atoms with E-state index in [2.05, 4.69) is 9.97 Å². The van der Waals surface area contributed by atoms with Crippen molar-refractivity contribution in [2.45, 2.75) is 18.9 Å². The lowest BCUT2D eigenvalue weighted by Crippen LogP contribution is -2.42. The van der Waals surface area contributed by atoms with Crippen molar-refractivity contribution < 1.29 is 8.78 Å². The van der Waals surface area contributed by atoms with Crippen LogP contribution in [0.1, 0.15) is 12.5 Å². The molecule has 7 heteroatoms. The Morgan fingerprint density at radius 3 is 2.44 bits per heavy atom. The molecular formula is C9H13ClF2N4. The molecule has 1 atom stereocenters. The van der Waals surface area contributed by atoms with E-state index in [1.807, 2.05) is 0 Å². The van der Waals surface area contributed by atoms with Crippen molar-refractivity contribution in [3.05, 3.63) is 17.0 Å². The number of hydrogen-bond donors (Lipinski definition) is 1. The predicted molar refractivity (Wildman–Crippen MR) is 58.9 cm³/mol. The molecule has 0 spiro atoms. The summed E-state index contributed by atoms with van der Waals surface area (Å²) in [4.78, 5) is 9.16. The maximum atomic E-state index is 12.9. The number of anilines is 1. The molecule has 0 aliphatic carbocycles. The van der Waals surface area contributed by atoms with Crippen molar-refractivity contribution in [3.63, 3.8) is 0 Å². The highest BCUT2D eigenvalue weighted by Crippen LogP contribution is 2.35. The maximum absolute atomic E-state index is 12.9. The molecule has 1 rings (SSSR count). The normalized spacial score (nSPS) is 15.0. The maximum Gasteiger partial charge on any atom is 0.260 e. The van der Waals surface area contributed by atoms with Crippen LogP contribution < -0.4 is 10.6 Å². The van der Waals surface area contributed by atoms with Crippen LogP contribution in [0.5, 0.6) is 0 Å². The quantitative estimate of drug-likeness (QED) is 0.829. The van der Waals surface area contributed by atoms with Gasteiger partial charge in [-0.15, -0.1) is 0 Å². The third-order valence-corrected chi connectivity index (χ3v) is 2.48. The number of hydrogen-bond acceptors (Lipinski definition) is 4. The summed E-state index contributed by atoms with van der Waals surface area (Å²) < 4.78 is 25.7. The molecule has 0 aliphatic rings. The lowest BCUT2D eigenvalue weighted by molar-refractivity contribution is 0.0624. The molecule has 0 aliphatic heterocycles. The van der Waals surface area contributed by atoms with Gasteiger partial charge in [-0.25, -0.2) is 18.7 Å². The first kappa shape index (κ1) is 13.1. The van der Waals surface area contributed by atoms with E-state index >= 15 is 0 Å². The van der Waals surface area contributed by atoms with E-state index in [9.17, 15) is 8.78 Å². The van der Waals surface area contributed by atoms with Crippen molar-refractivity contribution in [3.8, 4) is 0 Å². The van der Waals surface area contributed by atoms with Gasteiger partial charge in [0.15, 0.2) is 0 Å². The van der Waals surface area contributed by atoms with Crippen LogP contribution in [0.2, 0.25) is 5.15 Å². The molecule has 4 nitrogen and oxygen atoms in total. The van der Waals surface area contributed by atoms with Gasteiger partial charge in [0.05, 0.1) is 5.56 Å². The molecule has 1 unspecified atom stereocenters. The molecule has 1 aromatic heterocycles. The Bertz CT molecular complexity index is 382. The number of nitrogens with zero attached hydrogens (tertiary/aromatic N) is 3. The van der Waals surface area contributed by atoms with Crippen molar-refractivity contribution >= 4 is 17.4 Å². The van der Waals surface area contributed by atoms with Gasteiger partial charge in [0.1, 0.15) is 22.8 Å². The van der Waals surface area contributed by atoms with Crippen LogP contribution in [0, 0.1) is 0 Å². The molecule has 1 heterocycles. The van der Waals surface area contributed by atoms with E-state index in [4.69, 9.17) is 17.3 Å². The molecule has 0 bridgehead atoms. The van der Waals surface area contributed by atoms with Gasteiger partial charge in [0, 0.05) is 14.1 Å². The third kappa shape index (κ3) is 2.22. The summed E-state index contributed by atoms with van der Waals surface area (Å²) in [6.07, 6.45) is -1.54. The molecule has 0 saturated heterocycles. The summed E-state index contributed by atoms with van der Waals surface area (Å²) in [5, 5.41) is -0.0519. The van der Waals surface area contributed by atoms with Gasteiger partial charge in [-0.3, -0.25) is 0 Å². The fourth-order valence-corrected chi connectivity index (χ4v) is 1.60. The molecule has 1 aromatic rings. The summed E-state index contributed by atoms with van der Waals surface area (Å²) in [6.45, 7) is 1.20. The molecule has 16 heavy (non-hydrogen) atoms. The molecule has 0 amide bonds. The summed E-state index contributed by atoms with van der Waals surface area (Å²) >= 11 is 5.81. The molecule has 90 valence electrons. The average molecular weight is 251 g/mol. The highest BCUT2D eigenvalue weighted by Gasteiger charge is 2.38. The first-order chi connectivity index (χ1) is 7.28. The molecule has 2 N–H and O–H groups in total. The fraction of sp³-hybridized carbons (Fsp3) is 0.556. The molecule has 0 radical (unpaired) electrons. The number of alkyl halides is 2. The summed E-state index contributed by atoms with van der Waals surface area (Å²) in [7, 11) is 3.34. The standard InChI is InChI=1S/C9H13ClF2N4/c1-9(13,8(11)12)5-6(10)14-4-15-7(5)16(2)3/h4,8H,13H2,1-3H3. The van der Waals surface area contributed by atoms with Gasteiger partial charge >= 0.3 is 0 Å². The van der Waals surface area contributed by atoms with E-state index in [0.717, 1.165) is 0 Å². The first-order valence-electron chi connectivity index (χ1n) is 4.53. The first-order valence-corrected chi connectivity index (χ1v) is 4.91. The topological polar surface area (TPSA) is 55.0 Å². The van der Waals surface area contributed by atoms with E-state index in [-0.39, 0.29) is 10.7 Å². The largest absolute Gasteiger partial charge is 0.362 e. The minimum absolute atomic E-state index is 0.0519. The van der Waals surface area contributed by atoms with Crippen LogP contribution in [0.4, 0.5) is 14.6 Å². The molecular weight excluding hydrogens is 238 g/mol. The van der Waals surface area contributed by atoms with Crippen LogP contribution in [0.3, 0.4) is 0 Å². The third-order valence-electron chi connectivity index (χ3n) is 2.20. The van der Waals surface area contributed by atoms with Gasteiger partial charge < -0.3 is 10.6 Å². The lowest BCUT2D eigenvalue weighted by atomic mass is 9.95. The van der Waals surface area contributed by atoms with Crippen molar-refractivity contribution in [2.24, 2.45) is 5.73 Å². The number of nitrogens with two attached hydrogens (primary N) is 1. The van der Waals surface area contributed by atoms with Crippen LogP contribution in [0.15, 0.2) is 6.33 Å². The zero-order valence-electron chi connectivity index (χ0n) is 9.21. The van der Waals surface area contributed by atoms with Crippen LogP contribution in [0.25, 0.3) is 0 Å². The van der Waals surface area contributed by atoms with Crippen molar-refractivity contribution in [1.82, 2.24) is 9.97 Å². The second-order valence-electron chi connectivity index (χ2n) is 3.84. The highest BCUT2D eigenvalue weighted by molar-refractivity contribution is 6.30. The Hall–Kier alpha value is -1.01. The smallest absolute Gasteiger partial charge is 0.260 e. The van der Waals surface area contributed by atoms with Gasteiger partial charge in [-0.05, 0) is 6.92 Å². The number of halogens is 3. The predicted octanol–water partition coefficient (Wildman–Crippen LogP) is 1.64.